The highest BCUT2D eigenvalue weighted by atomic mass is 19.1. The maximum atomic E-state index is 12.7. The van der Waals surface area contributed by atoms with Crippen molar-refractivity contribution in [2.24, 2.45) is 0 Å². The lowest BCUT2D eigenvalue weighted by molar-refractivity contribution is 0.248. The molecule has 0 aliphatic carbocycles. The number of halogens is 1. The number of benzene rings is 2. The van der Waals surface area contributed by atoms with E-state index in [4.69, 9.17) is 15.2 Å². The number of hydrogen-bond donors (Lipinski definition) is 1. The molecule has 2 aromatic rings. The molecule has 0 fully saturated rings. The lowest BCUT2D eigenvalue weighted by Gasteiger charge is -2.09. The van der Waals surface area contributed by atoms with Gasteiger partial charge in [0, 0.05) is 6.42 Å². The first-order valence-electron chi connectivity index (χ1n) is 6.11. The average Bonchev–Trinajstić information content (AvgIpc) is 2.42. The molecule has 4 heteroatoms. The maximum absolute atomic E-state index is 12.7. The van der Waals surface area contributed by atoms with Crippen LogP contribution in [0, 0.1) is 5.82 Å². The number of hydrogen-bond acceptors (Lipinski definition) is 3. The van der Waals surface area contributed by atoms with Crippen molar-refractivity contribution in [3.63, 3.8) is 0 Å². The van der Waals surface area contributed by atoms with Gasteiger partial charge in [-0.3, -0.25) is 0 Å². The van der Waals surface area contributed by atoms with E-state index in [0.717, 1.165) is 6.42 Å². The van der Waals surface area contributed by atoms with E-state index in [9.17, 15) is 4.39 Å². The molecule has 100 valence electrons. The predicted octanol–water partition coefficient (Wildman–Crippen LogP) is 3.26. The second-order valence-corrected chi connectivity index (χ2v) is 4.04. The Labute approximate surface area is 111 Å². The van der Waals surface area contributed by atoms with E-state index >= 15 is 0 Å². The fraction of sp³-hybridized carbons (Fsp3) is 0.200. The highest BCUT2D eigenvalue weighted by Gasteiger charge is 1.99. The molecule has 0 spiro atoms. The van der Waals surface area contributed by atoms with Gasteiger partial charge in [0.2, 0.25) is 0 Å². The summed E-state index contributed by atoms with van der Waals surface area (Å²) in [5, 5.41) is 0. The van der Waals surface area contributed by atoms with Crippen LogP contribution in [0.15, 0.2) is 48.5 Å². The standard InChI is InChI=1S/C15H16FNO2/c16-12-6-8-13(9-7-12)18-10-3-11-19-15-5-2-1-4-14(15)17/h1-2,4-9H,3,10-11,17H2. The second kappa shape index (κ2) is 6.64. The lowest BCUT2D eigenvalue weighted by atomic mass is 10.3. The summed E-state index contributed by atoms with van der Waals surface area (Å²) in [6.45, 7) is 1.04. The Kier molecular flexibility index (Phi) is 4.61. The molecular formula is C15H16FNO2. The summed E-state index contributed by atoms with van der Waals surface area (Å²) in [4.78, 5) is 0. The van der Waals surface area contributed by atoms with Crippen LogP contribution in [0.1, 0.15) is 6.42 Å². The highest BCUT2D eigenvalue weighted by molar-refractivity contribution is 5.51. The molecule has 0 radical (unpaired) electrons. The van der Waals surface area contributed by atoms with Gasteiger partial charge in [-0.05, 0) is 36.4 Å². The van der Waals surface area contributed by atoms with Crippen molar-refractivity contribution in [1.29, 1.82) is 0 Å². The Hall–Kier alpha value is -2.23. The summed E-state index contributed by atoms with van der Waals surface area (Å²) < 4.78 is 23.6. The molecule has 3 nitrogen and oxygen atoms in total. The Bertz CT molecular complexity index is 514. The van der Waals surface area contributed by atoms with Gasteiger partial charge < -0.3 is 15.2 Å². The minimum Gasteiger partial charge on any atom is -0.493 e. The molecule has 2 rings (SSSR count). The van der Waals surface area contributed by atoms with E-state index in [-0.39, 0.29) is 5.82 Å². The second-order valence-electron chi connectivity index (χ2n) is 4.04. The number of para-hydroxylation sites is 2. The third-order valence-electron chi connectivity index (χ3n) is 2.55. The molecule has 0 aliphatic heterocycles. The molecule has 0 amide bonds. The maximum Gasteiger partial charge on any atom is 0.142 e. The van der Waals surface area contributed by atoms with Crippen molar-refractivity contribution >= 4 is 5.69 Å². The van der Waals surface area contributed by atoms with Gasteiger partial charge >= 0.3 is 0 Å². The van der Waals surface area contributed by atoms with E-state index in [1.54, 1.807) is 18.2 Å². The van der Waals surface area contributed by atoms with E-state index in [0.29, 0.717) is 30.4 Å². The summed E-state index contributed by atoms with van der Waals surface area (Å²) in [7, 11) is 0. The first-order valence-corrected chi connectivity index (χ1v) is 6.11. The van der Waals surface area contributed by atoms with Crippen molar-refractivity contribution in [1.82, 2.24) is 0 Å². The molecule has 2 N–H and O–H groups in total. The largest absolute Gasteiger partial charge is 0.493 e. The Balaban J connectivity index is 1.67. The van der Waals surface area contributed by atoms with Gasteiger partial charge in [-0.1, -0.05) is 12.1 Å². The quantitative estimate of drug-likeness (QED) is 0.641. The molecular weight excluding hydrogens is 245 g/mol. The van der Waals surface area contributed by atoms with Crippen LogP contribution in [0.3, 0.4) is 0 Å². The van der Waals surface area contributed by atoms with Crippen LogP contribution in [0.2, 0.25) is 0 Å². The SMILES string of the molecule is Nc1ccccc1OCCCOc1ccc(F)cc1. The molecule has 2 aromatic carbocycles. The summed E-state index contributed by atoms with van der Waals surface area (Å²) in [6, 6.07) is 13.3. The van der Waals surface area contributed by atoms with Gasteiger partial charge in [-0.25, -0.2) is 4.39 Å². The third-order valence-corrected chi connectivity index (χ3v) is 2.55. The van der Waals surface area contributed by atoms with Gasteiger partial charge in [0.05, 0.1) is 18.9 Å². The molecule has 0 unspecified atom stereocenters. The minimum absolute atomic E-state index is 0.268. The van der Waals surface area contributed by atoms with Crippen LogP contribution in [0.4, 0.5) is 10.1 Å². The Morgan fingerprint density at radius 2 is 1.58 bits per heavy atom. The number of anilines is 1. The molecule has 0 atom stereocenters. The van der Waals surface area contributed by atoms with Gasteiger partial charge in [0.1, 0.15) is 17.3 Å². The smallest absolute Gasteiger partial charge is 0.142 e. The number of nitrogen functional groups attached to an aromatic ring is 1. The van der Waals surface area contributed by atoms with Gasteiger partial charge in [0.25, 0.3) is 0 Å². The summed E-state index contributed by atoms with van der Waals surface area (Å²) in [5.74, 6) is 1.07. The molecule has 0 bridgehead atoms. The van der Waals surface area contributed by atoms with Crippen LogP contribution < -0.4 is 15.2 Å². The monoisotopic (exact) mass is 261 g/mol. The number of rotatable bonds is 6. The van der Waals surface area contributed by atoms with Gasteiger partial charge in [-0.15, -0.1) is 0 Å². The van der Waals surface area contributed by atoms with Crippen molar-refractivity contribution in [2.45, 2.75) is 6.42 Å². The van der Waals surface area contributed by atoms with Gasteiger partial charge in [-0.2, -0.15) is 0 Å². The fourth-order valence-corrected chi connectivity index (χ4v) is 1.57. The lowest BCUT2D eigenvalue weighted by Crippen LogP contribution is -2.06. The molecule has 0 aliphatic rings. The van der Waals surface area contributed by atoms with Crippen LogP contribution >= 0.6 is 0 Å². The zero-order valence-corrected chi connectivity index (χ0v) is 10.5. The highest BCUT2D eigenvalue weighted by Crippen LogP contribution is 2.19. The van der Waals surface area contributed by atoms with E-state index < -0.39 is 0 Å². The minimum atomic E-state index is -0.268. The zero-order valence-electron chi connectivity index (χ0n) is 10.5. The first kappa shape index (κ1) is 13.2. The Morgan fingerprint density at radius 1 is 0.895 bits per heavy atom. The summed E-state index contributed by atoms with van der Waals surface area (Å²) >= 11 is 0. The van der Waals surface area contributed by atoms with Crippen LogP contribution in [-0.2, 0) is 0 Å². The third kappa shape index (κ3) is 4.17. The van der Waals surface area contributed by atoms with Crippen LogP contribution in [-0.4, -0.2) is 13.2 Å². The van der Waals surface area contributed by atoms with Crippen molar-refractivity contribution in [3.8, 4) is 11.5 Å². The van der Waals surface area contributed by atoms with E-state index in [2.05, 4.69) is 0 Å². The Morgan fingerprint density at radius 3 is 2.32 bits per heavy atom. The van der Waals surface area contributed by atoms with Crippen molar-refractivity contribution in [3.05, 3.63) is 54.3 Å². The average molecular weight is 261 g/mol. The fourth-order valence-electron chi connectivity index (χ4n) is 1.57. The molecule has 19 heavy (non-hydrogen) atoms. The molecule has 0 aromatic heterocycles. The number of ether oxygens (including phenoxy) is 2. The van der Waals surface area contributed by atoms with E-state index in [1.165, 1.54) is 12.1 Å². The predicted molar refractivity (Wildman–Crippen MR) is 72.9 cm³/mol. The topological polar surface area (TPSA) is 44.5 Å². The summed E-state index contributed by atoms with van der Waals surface area (Å²) in [6.07, 6.45) is 0.728. The molecule has 0 saturated carbocycles. The van der Waals surface area contributed by atoms with Crippen LogP contribution in [0.5, 0.6) is 11.5 Å². The zero-order chi connectivity index (χ0) is 13.5. The van der Waals surface area contributed by atoms with Crippen LogP contribution in [0.25, 0.3) is 0 Å². The number of nitrogens with two attached hydrogens (primary N) is 1. The van der Waals surface area contributed by atoms with Crippen molar-refractivity contribution < 1.29 is 13.9 Å². The van der Waals surface area contributed by atoms with Gasteiger partial charge in [0.15, 0.2) is 0 Å². The van der Waals surface area contributed by atoms with Crippen molar-refractivity contribution in [2.75, 3.05) is 18.9 Å². The molecule has 0 heterocycles. The molecule has 0 saturated heterocycles. The first-order chi connectivity index (χ1) is 9.25. The summed E-state index contributed by atoms with van der Waals surface area (Å²) in [5.41, 5.74) is 6.38. The van der Waals surface area contributed by atoms with E-state index in [1.807, 2.05) is 18.2 Å². The normalized spacial score (nSPS) is 10.2.